The molecule has 0 unspecified atom stereocenters. The van der Waals surface area contributed by atoms with E-state index < -0.39 is 9.85 Å². The van der Waals surface area contributed by atoms with Crippen LogP contribution in [0.25, 0.3) is 0 Å². The van der Waals surface area contributed by atoms with E-state index in [0.29, 0.717) is 10.7 Å². The summed E-state index contributed by atoms with van der Waals surface area (Å²) >= 11 is 0.893. The highest BCUT2D eigenvalue weighted by Crippen LogP contribution is 2.38. The molecule has 1 aromatic carbocycles. The first-order chi connectivity index (χ1) is 10.0. The number of hydrogen-bond donors (Lipinski definition) is 1. The lowest BCUT2D eigenvalue weighted by Crippen LogP contribution is -1.98. The predicted octanol–water partition coefficient (Wildman–Crippen LogP) is 3.09. The summed E-state index contributed by atoms with van der Waals surface area (Å²) in [4.78, 5) is 25.3. The van der Waals surface area contributed by atoms with Gasteiger partial charge in [-0.15, -0.1) is 0 Å². The summed E-state index contributed by atoms with van der Waals surface area (Å²) in [6, 6.07) is 8.82. The fourth-order valence-electron chi connectivity index (χ4n) is 1.58. The molecule has 108 valence electrons. The summed E-state index contributed by atoms with van der Waals surface area (Å²) in [7, 11) is 1.63. The smallest absolute Gasteiger partial charge is 0.301 e. The molecule has 0 atom stereocenters. The molecule has 1 aromatic heterocycles. The molecule has 0 saturated heterocycles. The van der Waals surface area contributed by atoms with Crippen LogP contribution in [0, 0.1) is 20.2 Å². The molecule has 0 aliphatic heterocycles. The first-order valence-corrected chi connectivity index (χ1v) is 6.59. The molecule has 0 fully saturated rings. The number of nitrogens with zero attached hydrogens (tertiary/aromatic N) is 3. The molecule has 0 amide bonds. The van der Waals surface area contributed by atoms with Crippen LogP contribution in [0.15, 0.2) is 46.3 Å². The van der Waals surface area contributed by atoms with E-state index in [1.165, 1.54) is 30.3 Å². The van der Waals surface area contributed by atoms with Crippen LogP contribution >= 0.6 is 11.8 Å². The van der Waals surface area contributed by atoms with E-state index in [2.05, 4.69) is 10.3 Å². The summed E-state index contributed by atoms with van der Waals surface area (Å²) in [5.41, 5.74) is -0.314. The van der Waals surface area contributed by atoms with Crippen molar-refractivity contribution in [3.05, 3.63) is 56.6 Å². The highest BCUT2D eigenvalue weighted by molar-refractivity contribution is 7.99. The molecule has 0 aliphatic rings. The number of hydrogen-bond acceptors (Lipinski definition) is 7. The van der Waals surface area contributed by atoms with E-state index in [-0.39, 0.29) is 16.4 Å². The monoisotopic (exact) mass is 306 g/mol. The van der Waals surface area contributed by atoms with Gasteiger partial charge in [-0.2, -0.15) is 0 Å². The van der Waals surface area contributed by atoms with Gasteiger partial charge in [0.2, 0.25) is 0 Å². The third-order valence-electron chi connectivity index (χ3n) is 2.56. The molecule has 2 rings (SSSR count). The lowest BCUT2D eigenvalue weighted by atomic mass is 10.3. The molecule has 0 bridgehead atoms. The van der Waals surface area contributed by atoms with Gasteiger partial charge in [-0.25, -0.2) is 4.98 Å². The predicted molar refractivity (Wildman–Crippen MR) is 77.7 cm³/mol. The number of nitro groups is 2. The second kappa shape index (κ2) is 6.18. The SMILES string of the molecule is CNc1ccc([N+](=O)[O-])c(Sc2ccccc2[N+](=O)[O-])n1. The van der Waals surface area contributed by atoms with Gasteiger partial charge >= 0.3 is 5.69 Å². The van der Waals surface area contributed by atoms with Crippen LogP contribution in [0.1, 0.15) is 0 Å². The van der Waals surface area contributed by atoms with E-state index in [1.54, 1.807) is 13.1 Å². The van der Waals surface area contributed by atoms with E-state index >= 15 is 0 Å². The number of para-hydroxylation sites is 1. The second-order valence-corrected chi connectivity index (χ2v) is 4.89. The summed E-state index contributed by atoms with van der Waals surface area (Å²) in [6.45, 7) is 0. The third kappa shape index (κ3) is 3.26. The zero-order chi connectivity index (χ0) is 15.4. The fourth-order valence-corrected chi connectivity index (χ4v) is 2.58. The van der Waals surface area contributed by atoms with E-state index in [9.17, 15) is 20.2 Å². The van der Waals surface area contributed by atoms with Gasteiger partial charge in [-0.3, -0.25) is 20.2 Å². The molecule has 0 spiro atoms. The van der Waals surface area contributed by atoms with Gasteiger partial charge in [0.15, 0.2) is 5.03 Å². The lowest BCUT2D eigenvalue weighted by Gasteiger charge is -2.05. The minimum Gasteiger partial charge on any atom is -0.373 e. The van der Waals surface area contributed by atoms with Crippen LogP contribution in [0.3, 0.4) is 0 Å². The van der Waals surface area contributed by atoms with Crippen LogP contribution in [0.5, 0.6) is 0 Å². The van der Waals surface area contributed by atoms with E-state index in [4.69, 9.17) is 0 Å². The zero-order valence-electron chi connectivity index (χ0n) is 10.8. The quantitative estimate of drug-likeness (QED) is 0.667. The summed E-state index contributed by atoms with van der Waals surface area (Å²) < 4.78 is 0. The maximum absolute atomic E-state index is 11.0. The minimum atomic E-state index is -0.566. The van der Waals surface area contributed by atoms with Gasteiger partial charge < -0.3 is 5.32 Å². The Labute approximate surface area is 123 Å². The maximum atomic E-state index is 11.0. The average molecular weight is 306 g/mol. The molecular weight excluding hydrogens is 296 g/mol. The molecule has 2 aromatic rings. The van der Waals surface area contributed by atoms with Crippen molar-refractivity contribution in [1.82, 2.24) is 4.98 Å². The van der Waals surface area contributed by atoms with Gasteiger partial charge in [0.1, 0.15) is 5.82 Å². The Morgan fingerprint density at radius 3 is 2.33 bits per heavy atom. The highest BCUT2D eigenvalue weighted by Gasteiger charge is 2.21. The Kier molecular flexibility index (Phi) is 4.33. The Bertz CT molecular complexity index is 707. The highest BCUT2D eigenvalue weighted by atomic mass is 32.2. The average Bonchev–Trinajstić information content (AvgIpc) is 2.47. The van der Waals surface area contributed by atoms with Gasteiger partial charge in [0, 0.05) is 19.2 Å². The van der Waals surface area contributed by atoms with Crippen LogP contribution in [0.4, 0.5) is 17.2 Å². The number of aromatic nitrogens is 1. The molecule has 8 nitrogen and oxygen atoms in total. The van der Waals surface area contributed by atoms with Crippen LogP contribution < -0.4 is 5.32 Å². The van der Waals surface area contributed by atoms with Crippen molar-refractivity contribution in [2.24, 2.45) is 0 Å². The summed E-state index contributed by atoms with van der Waals surface area (Å²) in [5, 5.41) is 24.9. The standard InChI is InChI=1S/C12H10N4O4S/c1-13-11-7-6-9(16(19)20)12(14-11)21-10-5-3-2-4-8(10)15(17)18/h2-7H,1H3,(H,13,14). The molecule has 1 N–H and O–H groups in total. The van der Waals surface area contributed by atoms with Gasteiger partial charge in [0.25, 0.3) is 5.69 Å². The lowest BCUT2D eigenvalue weighted by molar-refractivity contribution is -0.388. The number of benzene rings is 1. The largest absolute Gasteiger partial charge is 0.373 e. The van der Waals surface area contributed by atoms with Gasteiger partial charge in [-0.1, -0.05) is 23.9 Å². The van der Waals surface area contributed by atoms with Gasteiger partial charge in [-0.05, 0) is 12.1 Å². The molecular formula is C12H10N4O4S. The fraction of sp³-hybridized carbons (Fsp3) is 0.0833. The Morgan fingerprint density at radius 2 is 1.71 bits per heavy atom. The van der Waals surface area contributed by atoms with Crippen LogP contribution in [-0.2, 0) is 0 Å². The molecule has 1 heterocycles. The van der Waals surface area contributed by atoms with Crippen molar-refractivity contribution in [3.63, 3.8) is 0 Å². The molecule has 21 heavy (non-hydrogen) atoms. The van der Waals surface area contributed by atoms with Crippen molar-refractivity contribution >= 4 is 29.0 Å². The molecule has 0 aliphatic carbocycles. The van der Waals surface area contributed by atoms with Crippen molar-refractivity contribution in [2.75, 3.05) is 12.4 Å². The van der Waals surface area contributed by atoms with Crippen LogP contribution in [0.2, 0.25) is 0 Å². The number of anilines is 1. The van der Waals surface area contributed by atoms with Crippen molar-refractivity contribution in [1.29, 1.82) is 0 Å². The minimum absolute atomic E-state index is 0.0983. The van der Waals surface area contributed by atoms with Crippen molar-refractivity contribution < 1.29 is 9.85 Å². The van der Waals surface area contributed by atoms with Crippen molar-refractivity contribution in [2.45, 2.75) is 9.92 Å². The zero-order valence-corrected chi connectivity index (χ0v) is 11.7. The number of nitro benzene ring substituents is 1. The first kappa shape index (κ1) is 14.7. The van der Waals surface area contributed by atoms with E-state index in [1.807, 2.05) is 0 Å². The first-order valence-electron chi connectivity index (χ1n) is 5.77. The third-order valence-corrected chi connectivity index (χ3v) is 3.62. The van der Waals surface area contributed by atoms with Crippen LogP contribution in [-0.4, -0.2) is 21.9 Å². The topological polar surface area (TPSA) is 111 Å². The summed E-state index contributed by atoms with van der Waals surface area (Å²) in [5.74, 6) is 0.446. The van der Waals surface area contributed by atoms with Crippen molar-refractivity contribution in [3.8, 4) is 0 Å². The normalized spacial score (nSPS) is 10.1. The molecule has 0 radical (unpaired) electrons. The Morgan fingerprint density at radius 1 is 1.05 bits per heavy atom. The van der Waals surface area contributed by atoms with Gasteiger partial charge in [0.05, 0.1) is 14.7 Å². The molecule has 0 saturated carbocycles. The Hall–Kier alpha value is -2.68. The number of nitrogens with one attached hydrogen (secondary N) is 1. The summed E-state index contributed by atoms with van der Waals surface area (Å²) in [6.07, 6.45) is 0. The number of pyridine rings is 1. The Balaban J connectivity index is 2.48. The number of rotatable bonds is 5. The van der Waals surface area contributed by atoms with E-state index in [0.717, 1.165) is 11.8 Å². The second-order valence-electron chi connectivity index (χ2n) is 3.85. The maximum Gasteiger partial charge on any atom is 0.301 e. The molecule has 9 heteroatoms.